The Balaban J connectivity index is 1.42. The molecule has 0 atom stereocenters. The van der Waals surface area contributed by atoms with Crippen LogP contribution in [0.4, 0.5) is 0 Å². The minimum absolute atomic E-state index is 0.0259. The number of hydrogen-bond acceptors (Lipinski definition) is 5. The third-order valence-corrected chi connectivity index (χ3v) is 5.27. The van der Waals surface area contributed by atoms with Crippen molar-refractivity contribution >= 4 is 17.5 Å². The van der Waals surface area contributed by atoms with Gasteiger partial charge in [0, 0.05) is 29.6 Å². The van der Waals surface area contributed by atoms with Crippen LogP contribution in [0.25, 0.3) is 11.5 Å². The predicted octanol–water partition coefficient (Wildman–Crippen LogP) is 4.42. The van der Waals surface area contributed by atoms with Crippen LogP contribution >= 0.6 is 11.6 Å². The van der Waals surface area contributed by atoms with E-state index < -0.39 is 0 Å². The Hall–Kier alpha value is -2.86. The van der Waals surface area contributed by atoms with Crippen molar-refractivity contribution in [2.75, 3.05) is 20.2 Å². The van der Waals surface area contributed by atoms with E-state index in [1.807, 2.05) is 29.2 Å². The lowest BCUT2D eigenvalue weighted by Crippen LogP contribution is -2.38. The molecule has 3 aromatic rings. The molecule has 1 amide bonds. The molecular formula is C21H20ClN3O3. The number of methoxy groups -OCH3 is 1. The molecule has 1 saturated heterocycles. The standard InChI is InChI=1S/C21H20ClN3O3/c1-27-18-5-3-2-4-17(18)20-23-19(24-28-20)14-10-12-25(13-11-14)21(26)15-6-8-16(22)9-7-15/h2-9,14H,10-13H2,1H3. The second-order valence-electron chi connectivity index (χ2n) is 6.73. The van der Waals surface area contributed by atoms with Crippen LogP contribution in [0.15, 0.2) is 53.1 Å². The van der Waals surface area contributed by atoms with E-state index in [9.17, 15) is 4.79 Å². The lowest BCUT2D eigenvalue weighted by atomic mass is 9.95. The third kappa shape index (κ3) is 3.73. The quantitative estimate of drug-likeness (QED) is 0.651. The molecule has 1 aliphatic heterocycles. The van der Waals surface area contributed by atoms with E-state index in [1.54, 1.807) is 31.4 Å². The Bertz CT molecular complexity index is 963. The molecule has 1 aromatic heterocycles. The van der Waals surface area contributed by atoms with Gasteiger partial charge in [0.2, 0.25) is 0 Å². The largest absolute Gasteiger partial charge is 0.496 e. The van der Waals surface area contributed by atoms with Crippen molar-refractivity contribution in [1.82, 2.24) is 15.0 Å². The van der Waals surface area contributed by atoms with Gasteiger partial charge in [-0.3, -0.25) is 4.79 Å². The summed E-state index contributed by atoms with van der Waals surface area (Å²) in [7, 11) is 1.61. The highest BCUT2D eigenvalue weighted by Gasteiger charge is 2.28. The van der Waals surface area contributed by atoms with Gasteiger partial charge in [-0.25, -0.2) is 0 Å². The molecule has 4 rings (SSSR count). The Morgan fingerprint density at radius 2 is 1.86 bits per heavy atom. The number of para-hydroxylation sites is 1. The monoisotopic (exact) mass is 397 g/mol. The number of carbonyl (C=O) groups excluding carboxylic acids is 1. The SMILES string of the molecule is COc1ccccc1-c1nc(C2CCN(C(=O)c3ccc(Cl)cc3)CC2)no1. The van der Waals surface area contributed by atoms with Gasteiger partial charge in [-0.2, -0.15) is 4.98 Å². The first-order valence-corrected chi connectivity index (χ1v) is 9.55. The third-order valence-electron chi connectivity index (χ3n) is 5.02. The molecule has 0 radical (unpaired) electrons. The first kappa shape index (κ1) is 18.5. The fourth-order valence-corrected chi connectivity index (χ4v) is 3.57. The number of piperidine rings is 1. The summed E-state index contributed by atoms with van der Waals surface area (Å²) in [6.45, 7) is 1.31. The van der Waals surface area contributed by atoms with Crippen molar-refractivity contribution in [3.8, 4) is 17.2 Å². The normalized spacial score (nSPS) is 14.9. The number of hydrogen-bond donors (Lipinski definition) is 0. The van der Waals surface area contributed by atoms with Gasteiger partial charge >= 0.3 is 0 Å². The summed E-state index contributed by atoms with van der Waals surface area (Å²) in [5.41, 5.74) is 1.43. The van der Waals surface area contributed by atoms with Gasteiger partial charge in [0.15, 0.2) is 5.82 Å². The Kier molecular flexibility index (Phi) is 5.30. The Labute approximate surface area is 168 Å². The highest BCUT2D eigenvalue weighted by Crippen LogP contribution is 2.32. The summed E-state index contributed by atoms with van der Waals surface area (Å²) in [4.78, 5) is 19.1. The average molecular weight is 398 g/mol. The molecule has 2 aromatic carbocycles. The zero-order chi connectivity index (χ0) is 19.5. The lowest BCUT2D eigenvalue weighted by Gasteiger charge is -2.30. The van der Waals surface area contributed by atoms with E-state index in [2.05, 4.69) is 10.1 Å². The van der Waals surface area contributed by atoms with Crippen molar-refractivity contribution in [2.24, 2.45) is 0 Å². The van der Waals surface area contributed by atoms with E-state index in [0.29, 0.717) is 41.1 Å². The van der Waals surface area contributed by atoms with Crippen molar-refractivity contribution in [3.05, 3.63) is 64.9 Å². The second-order valence-corrected chi connectivity index (χ2v) is 7.17. The van der Waals surface area contributed by atoms with Crippen LogP contribution in [0.2, 0.25) is 5.02 Å². The number of benzene rings is 2. The van der Waals surface area contributed by atoms with E-state index >= 15 is 0 Å². The van der Waals surface area contributed by atoms with Crippen LogP contribution in [-0.2, 0) is 0 Å². The van der Waals surface area contributed by atoms with Gasteiger partial charge < -0.3 is 14.2 Å². The molecule has 0 N–H and O–H groups in total. The average Bonchev–Trinajstić information content (AvgIpc) is 3.24. The van der Waals surface area contributed by atoms with E-state index in [4.69, 9.17) is 20.9 Å². The van der Waals surface area contributed by atoms with Crippen molar-refractivity contribution in [2.45, 2.75) is 18.8 Å². The maximum absolute atomic E-state index is 12.6. The maximum atomic E-state index is 12.6. The summed E-state index contributed by atoms with van der Waals surface area (Å²) in [5.74, 6) is 2.02. The molecule has 0 spiro atoms. The molecule has 0 aliphatic carbocycles. The van der Waals surface area contributed by atoms with Crippen LogP contribution in [0, 0.1) is 0 Å². The number of ether oxygens (including phenoxy) is 1. The van der Waals surface area contributed by atoms with Crippen molar-refractivity contribution < 1.29 is 14.1 Å². The van der Waals surface area contributed by atoms with E-state index in [1.165, 1.54) is 0 Å². The number of rotatable bonds is 4. The van der Waals surface area contributed by atoms with Gasteiger partial charge in [0.25, 0.3) is 11.8 Å². The minimum atomic E-state index is 0.0259. The van der Waals surface area contributed by atoms with Crippen LogP contribution in [-0.4, -0.2) is 41.1 Å². The van der Waals surface area contributed by atoms with E-state index in [0.717, 1.165) is 18.4 Å². The molecule has 0 bridgehead atoms. The molecular weight excluding hydrogens is 378 g/mol. The van der Waals surface area contributed by atoms with Gasteiger partial charge in [0.1, 0.15) is 5.75 Å². The molecule has 1 fully saturated rings. The van der Waals surface area contributed by atoms with Crippen LogP contribution in [0.3, 0.4) is 0 Å². The minimum Gasteiger partial charge on any atom is -0.496 e. The first-order chi connectivity index (χ1) is 13.7. The number of likely N-dealkylation sites (tertiary alicyclic amines) is 1. The first-order valence-electron chi connectivity index (χ1n) is 9.17. The molecule has 6 nitrogen and oxygen atoms in total. The van der Waals surface area contributed by atoms with Gasteiger partial charge in [0.05, 0.1) is 12.7 Å². The Morgan fingerprint density at radius 1 is 1.14 bits per heavy atom. The van der Waals surface area contributed by atoms with Gasteiger partial charge in [-0.1, -0.05) is 28.9 Å². The van der Waals surface area contributed by atoms with Crippen LogP contribution in [0.1, 0.15) is 34.9 Å². The van der Waals surface area contributed by atoms with Crippen molar-refractivity contribution in [1.29, 1.82) is 0 Å². The predicted molar refractivity (Wildman–Crippen MR) is 106 cm³/mol. The summed E-state index contributed by atoms with van der Waals surface area (Å²) < 4.78 is 10.8. The topological polar surface area (TPSA) is 68.5 Å². The Morgan fingerprint density at radius 3 is 2.57 bits per heavy atom. The molecule has 1 aliphatic rings. The maximum Gasteiger partial charge on any atom is 0.261 e. The van der Waals surface area contributed by atoms with Crippen LogP contribution < -0.4 is 4.74 Å². The van der Waals surface area contributed by atoms with Crippen LogP contribution in [0.5, 0.6) is 5.75 Å². The number of amides is 1. The van der Waals surface area contributed by atoms with E-state index in [-0.39, 0.29) is 11.8 Å². The summed E-state index contributed by atoms with van der Waals surface area (Å²) in [6.07, 6.45) is 1.59. The molecule has 0 unspecified atom stereocenters. The summed E-state index contributed by atoms with van der Waals surface area (Å²) >= 11 is 5.90. The second kappa shape index (κ2) is 8.02. The molecule has 2 heterocycles. The summed E-state index contributed by atoms with van der Waals surface area (Å²) in [6, 6.07) is 14.5. The smallest absolute Gasteiger partial charge is 0.261 e. The molecule has 7 heteroatoms. The number of nitrogens with zero attached hydrogens (tertiary/aromatic N) is 3. The molecule has 0 saturated carbocycles. The summed E-state index contributed by atoms with van der Waals surface area (Å²) in [5, 5.41) is 4.79. The fraction of sp³-hybridized carbons (Fsp3) is 0.286. The fourth-order valence-electron chi connectivity index (χ4n) is 3.45. The zero-order valence-electron chi connectivity index (χ0n) is 15.5. The molecule has 28 heavy (non-hydrogen) atoms. The number of carbonyl (C=O) groups is 1. The highest BCUT2D eigenvalue weighted by molar-refractivity contribution is 6.30. The van der Waals surface area contributed by atoms with Crippen molar-refractivity contribution in [3.63, 3.8) is 0 Å². The van der Waals surface area contributed by atoms with Gasteiger partial charge in [-0.15, -0.1) is 0 Å². The number of aromatic nitrogens is 2. The molecule has 144 valence electrons. The highest BCUT2D eigenvalue weighted by atomic mass is 35.5. The lowest BCUT2D eigenvalue weighted by molar-refractivity contribution is 0.0710. The number of halogens is 1. The zero-order valence-corrected chi connectivity index (χ0v) is 16.2. The van der Waals surface area contributed by atoms with Gasteiger partial charge in [-0.05, 0) is 49.2 Å².